The van der Waals surface area contributed by atoms with E-state index < -0.39 is 0 Å². The van der Waals surface area contributed by atoms with Crippen LogP contribution >= 0.6 is 0 Å². The highest BCUT2D eigenvalue weighted by Crippen LogP contribution is 2.48. The molecule has 1 atom stereocenters. The highest BCUT2D eigenvalue weighted by molar-refractivity contribution is 4.96. The van der Waals surface area contributed by atoms with Crippen molar-refractivity contribution >= 4 is 0 Å². The van der Waals surface area contributed by atoms with Crippen molar-refractivity contribution in [2.75, 3.05) is 19.8 Å². The van der Waals surface area contributed by atoms with Crippen molar-refractivity contribution in [1.82, 2.24) is 0 Å². The first-order valence-corrected chi connectivity index (χ1v) is 4.15. The molecule has 66 valence electrons. The highest BCUT2D eigenvalue weighted by atomic mass is 16.5. The average molecular weight is 159 g/mol. The summed E-state index contributed by atoms with van der Waals surface area (Å²) in [4.78, 5) is 0. The van der Waals surface area contributed by atoms with E-state index in [1.165, 1.54) is 12.8 Å². The Kier molecular flexibility index (Phi) is 2.87. The summed E-state index contributed by atoms with van der Waals surface area (Å²) in [5.41, 5.74) is 5.84. The fraction of sp³-hybridized carbons (Fsp3) is 1.00. The zero-order valence-corrected chi connectivity index (χ0v) is 7.05. The molecule has 0 radical (unpaired) electrons. The third-order valence-corrected chi connectivity index (χ3v) is 2.44. The summed E-state index contributed by atoms with van der Waals surface area (Å²) in [5, 5.41) is 8.53. The molecule has 0 bridgehead atoms. The van der Waals surface area contributed by atoms with Crippen LogP contribution in [0.5, 0.6) is 0 Å². The Labute approximate surface area is 67.5 Å². The molecule has 1 fully saturated rings. The van der Waals surface area contributed by atoms with Gasteiger partial charge in [0, 0.05) is 6.54 Å². The predicted octanol–water partition coefficient (Wildman–Crippen LogP) is 0.123. The smallest absolute Gasteiger partial charge is 0.0751 e. The van der Waals surface area contributed by atoms with Crippen molar-refractivity contribution < 1.29 is 9.84 Å². The van der Waals surface area contributed by atoms with Crippen LogP contribution in [0.3, 0.4) is 0 Å². The Bertz CT molecular complexity index is 123. The van der Waals surface area contributed by atoms with E-state index in [9.17, 15) is 0 Å². The van der Waals surface area contributed by atoms with E-state index >= 15 is 0 Å². The number of ether oxygens (including phenoxy) is 1. The maximum Gasteiger partial charge on any atom is 0.0751 e. The minimum atomic E-state index is 0.0899. The molecule has 1 unspecified atom stereocenters. The topological polar surface area (TPSA) is 55.5 Å². The minimum absolute atomic E-state index is 0.0899. The van der Waals surface area contributed by atoms with E-state index in [0.717, 1.165) is 0 Å². The van der Waals surface area contributed by atoms with E-state index in [1.54, 1.807) is 0 Å². The van der Waals surface area contributed by atoms with Crippen LogP contribution in [0.15, 0.2) is 0 Å². The van der Waals surface area contributed by atoms with Crippen LogP contribution in [0, 0.1) is 5.41 Å². The fourth-order valence-electron chi connectivity index (χ4n) is 1.27. The molecule has 1 aliphatic carbocycles. The van der Waals surface area contributed by atoms with Gasteiger partial charge in [0.2, 0.25) is 0 Å². The molecule has 1 rings (SSSR count). The van der Waals surface area contributed by atoms with Crippen molar-refractivity contribution in [2.24, 2.45) is 11.1 Å². The molecular formula is C8H17NO2. The zero-order chi connectivity index (χ0) is 8.32. The third-order valence-electron chi connectivity index (χ3n) is 2.44. The molecule has 0 heterocycles. The molecule has 1 saturated carbocycles. The van der Waals surface area contributed by atoms with Gasteiger partial charge in [-0.25, -0.2) is 0 Å². The molecule has 0 aromatic heterocycles. The van der Waals surface area contributed by atoms with Crippen molar-refractivity contribution in [2.45, 2.75) is 25.9 Å². The van der Waals surface area contributed by atoms with Gasteiger partial charge in [-0.15, -0.1) is 0 Å². The number of hydrogen-bond donors (Lipinski definition) is 2. The Morgan fingerprint density at radius 1 is 1.64 bits per heavy atom. The third kappa shape index (κ3) is 2.15. The van der Waals surface area contributed by atoms with Gasteiger partial charge in [0.05, 0.1) is 19.3 Å². The molecular weight excluding hydrogens is 142 g/mol. The fourth-order valence-corrected chi connectivity index (χ4v) is 1.27. The van der Waals surface area contributed by atoms with Gasteiger partial charge < -0.3 is 15.6 Å². The molecule has 0 aromatic carbocycles. The van der Waals surface area contributed by atoms with Gasteiger partial charge in [0.25, 0.3) is 0 Å². The van der Waals surface area contributed by atoms with Gasteiger partial charge in [0.1, 0.15) is 0 Å². The molecule has 1 aliphatic rings. The second kappa shape index (κ2) is 3.52. The summed E-state index contributed by atoms with van der Waals surface area (Å²) in [6.07, 6.45) is 2.57. The van der Waals surface area contributed by atoms with E-state index in [1.807, 2.05) is 0 Å². The predicted molar refractivity (Wildman–Crippen MR) is 43.2 cm³/mol. The lowest BCUT2D eigenvalue weighted by Gasteiger charge is -2.21. The van der Waals surface area contributed by atoms with Gasteiger partial charge >= 0.3 is 0 Å². The normalized spacial score (nSPS) is 23.2. The molecule has 0 aliphatic heterocycles. The largest absolute Gasteiger partial charge is 0.394 e. The maximum absolute atomic E-state index is 8.53. The molecule has 0 aromatic rings. The molecule has 3 heteroatoms. The van der Waals surface area contributed by atoms with Crippen molar-refractivity contribution in [3.63, 3.8) is 0 Å². The second-order valence-electron chi connectivity index (χ2n) is 3.47. The minimum Gasteiger partial charge on any atom is -0.394 e. The van der Waals surface area contributed by atoms with Gasteiger partial charge in [-0.3, -0.25) is 0 Å². The van der Waals surface area contributed by atoms with Crippen molar-refractivity contribution in [3.8, 4) is 0 Å². The Morgan fingerprint density at radius 3 is 2.64 bits per heavy atom. The van der Waals surface area contributed by atoms with E-state index in [0.29, 0.717) is 18.6 Å². The quantitative estimate of drug-likeness (QED) is 0.599. The molecule has 3 N–H and O–H groups in total. The molecule has 0 spiro atoms. The van der Waals surface area contributed by atoms with Crippen LogP contribution < -0.4 is 5.73 Å². The van der Waals surface area contributed by atoms with Crippen LogP contribution in [0.2, 0.25) is 0 Å². The number of nitrogens with two attached hydrogens (primary N) is 1. The van der Waals surface area contributed by atoms with E-state index in [2.05, 4.69) is 6.92 Å². The first-order chi connectivity index (χ1) is 5.23. The summed E-state index contributed by atoms with van der Waals surface area (Å²) >= 11 is 0. The summed E-state index contributed by atoms with van der Waals surface area (Å²) in [7, 11) is 0. The summed E-state index contributed by atoms with van der Waals surface area (Å²) < 4.78 is 5.39. The molecule has 0 saturated heterocycles. The van der Waals surface area contributed by atoms with Crippen LogP contribution in [0.25, 0.3) is 0 Å². The van der Waals surface area contributed by atoms with Crippen LogP contribution in [0.4, 0.5) is 0 Å². The lowest BCUT2D eigenvalue weighted by atomic mass is 10.0. The number of rotatable bonds is 5. The van der Waals surface area contributed by atoms with Gasteiger partial charge in [-0.05, 0) is 18.3 Å². The maximum atomic E-state index is 8.53. The Morgan fingerprint density at radius 2 is 2.27 bits per heavy atom. The van der Waals surface area contributed by atoms with E-state index in [4.69, 9.17) is 15.6 Å². The first-order valence-electron chi connectivity index (χ1n) is 4.15. The number of aliphatic hydroxyl groups excluding tert-OH is 1. The number of aliphatic hydroxyl groups is 1. The zero-order valence-electron chi connectivity index (χ0n) is 7.05. The SMILES string of the molecule is CC1(C(CN)OCCO)CC1. The van der Waals surface area contributed by atoms with Gasteiger partial charge in [0.15, 0.2) is 0 Å². The lowest BCUT2D eigenvalue weighted by Crippen LogP contribution is -2.32. The second-order valence-corrected chi connectivity index (χ2v) is 3.47. The monoisotopic (exact) mass is 159 g/mol. The Hall–Kier alpha value is -0.120. The average Bonchev–Trinajstić information content (AvgIpc) is 2.71. The van der Waals surface area contributed by atoms with Crippen LogP contribution in [0.1, 0.15) is 19.8 Å². The summed E-state index contributed by atoms with van der Waals surface area (Å²) in [6.45, 7) is 3.25. The van der Waals surface area contributed by atoms with Crippen molar-refractivity contribution in [3.05, 3.63) is 0 Å². The van der Waals surface area contributed by atoms with Crippen LogP contribution in [-0.2, 0) is 4.74 Å². The van der Waals surface area contributed by atoms with Crippen LogP contribution in [-0.4, -0.2) is 31.0 Å². The lowest BCUT2D eigenvalue weighted by molar-refractivity contribution is -0.00373. The highest BCUT2D eigenvalue weighted by Gasteiger charge is 2.44. The number of hydrogen-bond acceptors (Lipinski definition) is 3. The summed E-state index contributed by atoms with van der Waals surface area (Å²) in [5.74, 6) is 0. The summed E-state index contributed by atoms with van der Waals surface area (Å²) in [6, 6.07) is 0. The standard InChI is InChI=1S/C8H17NO2/c1-8(2-3-8)7(6-9)11-5-4-10/h7,10H,2-6,9H2,1H3. The molecule has 11 heavy (non-hydrogen) atoms. The van der Waals surface area contributed by atoms with E-state index in [-0.39, 0.29) is 12.7 Å². The molecule has 3 nitrogen and oxygen atoms in total. The molecule has 0 amide bonds. The Balaban J connectivity index is 2.25. The van der Waals surface area contributed by atoms with Crippen molar-refractivity contribution in [1.29, 1.82) is 0 Å². The van der Waals surface area contributed by atoms with Gasteiger partial charge in [-0.1, -0.05) is 6.92 Å². The van der Waals surface area contributed by atoms with Gasteiger partial charge in [-0.2, -0.15) is 0 Å². The first kappa shape index (κ1) is 8.97.